The number of aromatic nitrogens is 4. The van der Waals surface area contributed by atoms with Gasteiger partial charge in [0, 0.05) is 24.5 Å². The maximum atomic E-state index is 4.44. The molecule has 1 N–H and O–H groups in total. The molecule has 2 rings (SSSR count). The minimum absolute atomic E-state index is 0.913. The van der Waals surface area contributed by atoms with Crippen molar-refractivity contribution in [2.45, 2.75) is 40.8 Å². The fourth-order valence-corrected chi connectivity index (χ4v) is 2.30. The second-order valence-electron chi connectivity index (χ2n) is 5.05. The zero-order chi connectivity index (χ0) is 13.8. The highest BCUT2D eigenvalue weighted by Crippen LogP contribution is 2.01. The van der Waals surface area contributed by atoms with Gasteiger partial charge in [0.1, 0.15) is 0 Å². The van der Waals surface area contributed by atoms with Crippen LogP contribution in [0.3, 0.4) is 0 Å². The highest BCUT2D eigenvalue weighted by molar-refractivity contribution is 5.07. The molecular formula is C14H23N5. The molecule has 0 unspecified atom stereocenters. The molecule has 0 aromatic carbocycles. The predicted molar refractivity (Wildman–Crippen MR) is 76.3 cm³/mol. The van der Waals surface area contributed by atoms with Gasteiger partial charge in [-0.15, -0.1) is 0 Å². The Morgan fingerprint density at radius 2 is 1.26 bits per heavy atom. The van der Waals surface area contributed by atoms with Crippen LogP contribution in [0, 0.1) is 27.7 Å². The van der Waals surface area contributed by atoms with Crippen LogP contribution < -0.4 is 5.32 Å². The molecule has 2 heterocycles. The van der Waals surface area contributed by atoms with Crippen molar-refractivity contribution in [2.75, 3.05) is 13.1 Å². The third kappa shape index (κ3) is 3.67. The Hall–Kier alpha value is -1.62. The zero-order valence-electron chi connectivity index (χ0n) is 12.3. The average molecular weight is 261 g/mol. The molecule has 0 spiro atoms. The van der Waals surface area contributed by atoms with Gasteiger partial charge in [-0.25, -0.2) is 0 Å². The van der Waals surface area contributed by atoms with Gasteiger partial charge in [-0.1, -0.05) is 0 Å². The van der Waals surface area contributed by atoms with Crippen LogP contribution in [0.25, 0.3) is 0 Å². The molecular weight excluding hydrogens is 238 g/mol. The normalized spacial score (nSPS) is 11.2. The molecule has 5 nitrogen and oxygen atoms in total. The fraction of sp³-hybridized carbons (Fsp3) is 0.571. The lowest BCUT2D eigenvalue weighted by molar-refractivity contribution is 0.503. The molecule has 104 valence electrons. The lowest BCUT2D eigenvalue weighted by Crippen LogP contribution is -2.25. The van der Waals surface area contributed by atoms with Crippen LogP contribution in [0.2, 0.25) is 0 Å². The Morgan fingerprint density at radius 1 is 0.842 bits per heavy atom. The van der Waals surface area contributed by atoms with E-state index in [4.69, 9.17) is 0 Å². The predicted octanol–water partition coefficient (Wildman–Crippen LogP) is 1.60. The molecule has 0 aliphatic carbocycles. The summed E-state index contributed by atoms with van der Waals surface area (Å²) >= 11 is 0. The minimum atomic E-state index is 0.913. The summed E-state index contributed by atoms with van der Waals surface area (Å²) in [6.07, 6.45) is 0. The number of hydrogen-bond acceptors (Lipinski definition) is 3. The van der Waals surface area contributed by atoms with Gasteiger partial charge in [0.05, 0.1) is 24.5 Å². The van der Waals surface area contributed by atoms with Crippen molar-refractivity contribution in [3.8, 4) is 0 Å². The molecule has 2 aromatic heterocycles. The van der Waals surface area contributed by atoms with E-state index in [9.17, 15) is 0 Å². The Labute approximate surface area is 114 Å². The maximum absolute atomic E-state index is 4.44. The fourth-order valence-electron chi connectivity index (χ4n) is 2.30. The lowest BCUT2D eigenvalue weighted by Gasteiger charge is -2.08. The molecule has 5 heteroatoms. The molecule has 0 bridgehead atoms. The number of hydrogen-bond donors (Lipinski definition) is 1. The number of rotatable bonds is 6. The summed E-state index contributed by atoms with van der Waals surface area (Å²) in [5.74, 6) is 0. The Morgan fingerprint density at radius 3 is 1.58 bits per heavy atom. The molecule has 0 radical (unpaired) electrons. The van der Waals surface area contributed by atoms with E-state index in [1.165, 1.54) is 11.4 Å². The third-order valence-electron chi connectivity index (χ3n) is 3.21. The monoisotopic (exact) mass is 261 g/mol. The summed E-state index contributed by atoms with van der Waals surface area (Å²) in [6.45, 7) is 11.9. The molecule has 0 atom stereocenters. The van der Waals surface area contributed by atoms with Crippen molar-refractivity contribution in [1.29, 1.82) is 0 Å². The topological polar surface area (TPSA) is 47.7 Å². The summed E-state index contributed by atoms with van der Waals surface area (Å²) in [5.41, 5.74) is 4.61. The van der Waals surface area contributed by atoms with E-state index >= 15 is 0 Å². The van der Waals surface area contributed by atoms with E-state index < -0.39 is 0 Å². The Kier molecular flexibility index (Phi) is 4.37. The highest BCUT2D eigenvalue weighted by Gasteiger charge is 2.01. The van der Waals surface area contributed by atoms with Crippen molar-refractivity contribution >= 4 is 0 Å². The van der Waals surface area contributed by atoms with Gasteiger partial charge in [0.25, 0.3) is 0 Å². The maximum Gasteiger partial charge on any atom is 0.0596 e. The third-order valence-corrected chi connectivity index (χ3v) is 3.21. The van der Waals surface area contributed by atoms with E-state index in [2.05, 4.69) is 41.5 Å². The van der Waals surface area contributed by atoms with Crippen molar-refractivity contribution in [3.05, 3.63) is 34.9 Å². The van der Waals surface area contributed by atoms with Crippen LogP contribution in [0.5, 0.6) is 0 Å². The zero-order valence-corrected chi connectivity index (χ0v) is 12.3. The van der Waals surface area contributed by atoms with E-state index in [1.54, 1.807) is 0 Å². The van der Waals surface area contributed by atoms with Gasteiger partial charge in [-0.05, 0) is 39.8 Å². The van der Waals surface area contributed by atoms with Crippen molar-refractivity contribution < 1.29 is 0 Å². The number of nitrogens with zero attached hydrogens (tertiary/aromatic N) is 4. The molecule has 0 saturated heterocycles. The second-order valence-corrected chi connectivity index (χ2v) is 5.05. The summed E-state index contributed by atoms with van der Waals surface area (Å²) in [6, 6.07) is 4.21. The van der Waals surface area contributed by atoms with Crippen LogP contribution in [0.1, 0.15) is 22.8 Å². The van der Waals surface area contributed by atoms with Gasteiger partial charge in [-0.3, -0.25) is 9.36 Å². The summed E-state index contributed by atoms with van der Waals surface area (Å²) in [7, 11) is 0. The molecule has 0 aliphatic heterocycles. The summed E-state index contributed by atoms with van der Waals surface area (Å²) < 4.78 is 4.09. The number of aryl methyl sites for hydroxylation is 4. The van der Waals surface area contributed by atoms with Crippen molar-refractivity contribution in [2.24, 2.45) is 0 Å². The highest BCUT2D eigenvalue weighted by atomic mass is 15.3. The standard InChI is InChI=1S/C14H23N5/c1-11-9-13(3)18(16-11)7-5-15-6-8-19-14(4)10-12(2)17-19/h9-10,15H,5-8H2,1-4H3. The van der Waals surface area contributed by atoms with E-state index in [0.29, 0.717) is 0 Å². The molecule has 0 aliphatic rings. The van der Waals surface area contributed by atoms with Crippen LogP contribution in [-0.4, -0.2) is 32.7 Å². The van der Waals surface area contributed by atoms with E-state index in [-0.39, 0.29) is 0 Å². The quantitative estimate of drug-likeness (QED) is 0.804. The van der Waals surface area contributed by atoms with E-state index in [0.717, 1.165) is 37.6 Å². The average Bonchev–Trinajstić information content (AvgIpc) is 2.81. The first-order chi connectivity index (χ1) is 9.06. The van der Waals surface area contributed by atoms with Crippen LogP contribution >= 0.6 is 0 Å². The number of nitrogens with one attached hydrogen (secondary N) is 1. The van der Waals surface area contributed by atoms with Crippen molar-refractivity contribution in [1.82, 2.24) is 24.9 Å². The molecule has 2 aromatic rings. The van der Waals surface area contributed by atoms with Gasteiger partial charge >= 0.3 is 0 Å². The minimum Gasteiger partial charge on any atom is -0.313 e. The second kappa shape index (κ2) is 6.02. The smallest absolute Gasteiger partial charge is 0.0596 e. The molecule has 0 fully saturated rings. The van der Waals surface area contributed by atoms with Crippen LogP contribution in [-0.2, 0) is 13.1 Å². The van der Waals surface area contributed by atoms with Gasteiger partial charge in [-0.2, -0.15) is 10.2 Å². The lowest BCUT2D eigenvalue weighted by atomic mass is 10.4. The van der Waals surface area contributed by atoms with Crippen LogP contribution in [0.4, 0.5) is 0 Å². The molecule has 19 heavy (non-hydrogen) atoms. The largest absolute Gasteiger partial charge is 0.313 e. The van der Waals surface area contributed by atoms with Crippen molar-refractivity contribution in [3.63, 3.8) is 0 Å². The summed E-state index contributed by atoms with van der Waals surface area (Å²) in [5, 5.41) is 12.3. The van der Waals surface area contributed by atoms with Gasteiger partial charge in [0.15, 0.2) is 0 Å². The Bertz CT molecular complexity index is 490. The molecule has 0 amide bonds. The van der Waals surface area contributed by atoms with Crippen LogP contribution in [0.15, 0.2) is 12.1 Å². The summed E-state index contributed by atoms with van der Waals surface area (Å²) in [4.78, 5) is 0. The molecule has 0 saturated carbocycles. The SMILES string of the molecule is Cc1cc(C)n(CCNCCn2nc(C)cc2C)n1. The van der Waals surface area contributed by atoms with Gasteiger partial charge in [0.2, 0.25) is 0 Å². The van der Waals surface area contributed by atoms with E-state index in [1.807, 2.05) is 23.2 Å². The Balaban J connectivity index is 1.70. The first-order valence-corrected chi connectivity index (χ1v) is 6.79. The first-order valence-electron chi connectivity index (χ1n) is 6.79. The first kappa shape index (κ1) is 13.8. The van der Waals surface area contributed by atoms with Gasteiger partial charge < -0.3 is 5.32 Å².